The van der Waals surface area contributed by atoms with Gasteiger partial charge >= 0.3 is 0 Å². The lowest BCUT2D eigenvalue weighted by molar-refractivity contribution is 0.105. The second kappa shape index (κ2) is 9.76. The molecule has 0 spiro atoms. The van der Waals surface area contributed by atoms with Crippen LogP contribution >= 0.6 is 0 Å². The van der Waals surface area contributed by atoms with E-state index in [4.69, 9.17) is 10.5 Å². The molecule has 1 aliphatic rings. The van der Waals surface area contributed by atoms with E-state index in [1.54, 1.807) is 0 Å². The molecule has 3 nitrogen and oxygen atoms in total. The van der Waals surface area contributed by atoms with Gasteiger partial charge in [0.25, 0.3) is 0 Å². The highest BCUT2D eigenvalue weighted by Gasteiger charge is 2.23. The van der Waals surface area contributed by atoms with Gasteiger partial charge in [0.05, 0.1) is 6.10 Å². The van der Waals surface area contributed by atoms with E-state index in [-0.39, 0.29) is 0 Å². The van der Waals surface area contributed by atoms with Crippen LogP contribution in [-0.2, 0) is 4.74 Å². The summed E-state index contributed by atoms with van der Waals surface area (Å²) in [5, 5.41) is 3.59. The predicted octanol–water partition coefficient (Wildman–Crippen LogP) is 2.55. The number of hydrogen-bond acceptors (Lipinski definition) is 3. The van der Waals surface area contributed by atoms with Gasteiger partial charge in [-0.15, -0.1) is 0 Å². The van der Waals surface area contributed by atoms with Crippen LogP contribution in [0.5, 0.6) is 0 Å². The van der Waals surface area contributed by atoms with Gasteiger partial charge in [-0.3, -0.25) is 0 Å². The summed E-state index contributed by atoms with van der Waals surface area (Å²) in [5.74, 6) is 1.57. The van der Waals surface area contributed by atoms with E-state index in [1.807, 2.05) is 0 Å². The average molecular weight is 256 g/mol. The van der Waals surface area contributed by atoms with E-state index < -0.39 is 0 Å². The van der Waals surface area contributed by atoms with Gasteiger partial charge in [0.15, 0.2) is 0 Å². The van der Waals surface area contributed by atoms with Crippen molar-refractivity contribution in [3.8, 4) is 0 Å². The zero-order valence-corrected chi connectivity index (χ0v) is 12.3. The number of ether oxygens (including phenoxy) is 1. The topological polar surface area (TPSA) is 47.3 Å². The lowest BCUT2D eigenvalue weighted by Gasteiger charge is -2.17. The molecule has 3 N–H and O–H groups in total. The zero-order chi connectivity index (χ0) is 13.2. The fraction of sp³-hybridized carbons (Fsp3) is 1.00. The van der Waals surface area contributed by atoms with Crippen LogP contribution in [0.4, 0.5) is 0 Å². The summed E-state index contributed by atoms with van der Waals surface area (Å²) in [4.78, 5) is 0. The maximum atomic E-state index is 5.66. The Labute approximate surface area is 113 Å². The van der Waals surface area contributed by atoms with Crippen LogP contribution in [0.1, 0.15) is 52.4 Å². The summed E-state index contributed by atoms with van der Waals surface area (Å²) in [6.07, 6.45) is 8.10. The Balaban J connectivity index is 1.99. The minimum atomic E-state index is 0.447. The molecule has 0 aromatic carbocycles. The smallest absolute Gasteiger partial charge is 0.0588 e. The third-order valence-electron chi connectivity index (χ3n) is 4.18. The van der Waals surface area contributed by atoms with Crippen LogP contribution in [0.2, 0.25) is 0 Å². The van der Waals surface area contributed by atoms with Crippen LogP contribution in [0, 0.1) is 11.8 Å². The highest BCUT2D eigenvalue weighted by Crippen LogP contribution is 2.19. The molecule has 0 radical (unpaired) electrons. The molecule has 1 fully saturated rings. The molecule has 3 atom stereocenters. The number of nitrogens with two attached hydrogens (primary N) is 1. The van der Waals surface area contributed by atoms with Crippen molar-refractivity contribution in [3.05, 3.63) is 0 Å². The maximum absolute atomic E-state index is 5.66. The highest BCUT2D eigenvalue weighted by molar-refractivity contribution is 4.74. The van der Waals surface area contributed by atoms with Gasteiger partial charge in [0, 0.05) is 13.2 Å². The molecule has 0 amide bonds. The van der Waals surface area contributed by atoms with E-state index in [0.29, 0.717) is 6.10 Å². The summed E-state index contributed by atoms with van der Waals surface area (Å²) in [7, 11) is 0. The van der Waals surface area contributed by atoms with Crippen molar-refractivity contribution in [1.82, 2.24) is 5.32 Å². The summed E-state index contributed by atoms with van der Waals surface area (Å²) in [6, 6.07) is 0. The lowest BCUT2D eigenvalue weighted by atomic mass is 9.94. The number of rotatable bonds is 10. The number of nitrogens with one attached hydrogen (secondary N) is 1. The minimum Gasteiger partial charge on any atom is -0.378 e. The van der Waals surface area contributed by atoms with E-state index in [9.17, 15) is 0 Å². The van der Waals surface area contributed by atoms with Crippen molar-refractivity contribution in [2.24, 2.45) is 17.6 Å². The van der Waals surface area contributed by atoms with Crippen molar-refractivity contribution in [1.29, 1.82) is 0 Å². The van der Waals surface area contributed by atoms with E-state index in [1.165, 1.54) is 38.5 Å². The van der Waals surface area contributed by atoms with E-state index >= 15 is 0 Å². The quantitative estimate of drug-likeness (QED) is 0.591. The van der Waals surface area contributed by atoms with Crippen molar-refractivity contribution < 1.29 is 4.74 Å². The molecule has 0 aromatic rings. The molecular formula is C15H32N2O. The zero-order valence-electron chi connectivity index (χ0n) is 12.3. The monoisotopic (exact) mass is 256 g/mol. The van der Waals surface area contributed by atoms with Crippen LogP contribution in [-0.4, -0.2) is 32.3 Å². The Hall–Kier alpha value is -0.120. The van der Waals surface area contributed by atoms with Crippen molar-refractivity contribution in [3.63, 3.8) is 0 Å². The first-order valence-corrected chi connectivity index (χ1v) is 7.80. The van der Waals surface area contributed by atoms with Crippen LogP contribution in [0.25, 0.3) is 0 Å². The normalized spacial score (nSPS) is 25.5. The van der Waals surface area contributed by atoms with Gasteiger partial charge < -0.3 is 15.8 Å². The molecule has 3 unspecified atom stereocenters. The van der Waals surface area contributed by atoms with Gasteiger partial charge in [-0.1, -0.05) is 19.8 Å². The molecule has 0 aliphatic carbocycles. The van der Waals surface area contributed by atoms with Gasteiger partial charge in [-0.2, -0.15) is 0 Å². The molecular weight excluding hydrogens is 224 g/mol. The summed E-state index contributed by atoms with van der Waals surface area (Å²) < 4.78 is 5.57. The predicted molar refractivity (Wildman–Crippen MR) is 77.7 cm³/mol. The first-order valence-electron chi connectivity index (χ1n) is 7.80. The third-order valence-corrected chi connectivity index (χ3v) is 4.18. The Bertz CT molecular complexity index is 193. The maximum Gasteiger partial charge on any atom is 0.0588 e. The Morgan fingerprint density at radius 2 is 2.17 bits per heavy atom. The molecule has 1 aliphatic heterocycles. The SMILES string of the molecule is CCCC(CCN)CCCNCC1CCOC1C. The fourth-order valence-electron chi connectivity index (χ4n) is 2.92. The molecule has 1 heterocycles. The van der Waals surface area contributed by atoms with Gasteiger partial charge in [-0.25, -0.2) is 0 Å². The third kappa shape index (κ3) is 6.17. The van der Waals surface area contributed by atoms with Crippen LogP contribution < -0.4 is 11.1 Å². The minimum absolute atomic E-state index is 0.447. The second-order valence-electron chi connectivity index (χ2n) is 5.70. The van der Waals surface area contributed by atoms with Crippen LogP contribution in [0.3, 0.4) is 0 Å². The van der Waals surface area contributed by atoms with Crippen molar-refractivity contribution in [2.45, 2.75) is 58.5 Å². The average Bonchev–Trinajstić information content (AvgIpc) is 2.75. The van der Waals surface area contributed by atoms with Gasteiger partial charge in [0.2, 0.25) is 0 Å². The molecule has 18 heavy (non-hydrogen) atoms. The first-order chi connectivity index (χ1) is 8.77. The standard InChI is InChI=1S/C15H32N2O/c1-3-5-14(7-9-16)6-4-10-17-12-15-8-11-18-13(15)2/h13-15,17H,3-12,16H2,1-2H3. The summed E-state index contributed by atoms with van der Waals surface area (Å²) in [5.41, 5.74) is 5.66. The number of hydrogen-bond donors (Lipinski definition) is 2. The Morgan fingerprint density at radius 3 is 2.78 bits per heavy atom. The molecule has 3 heteroatoms. The van der Waals surface area contributed by atoms with Crippen LogP contribution in [0.15, 0.2) is 0 Å². The summed E-state index contributed by atoms with van der Waals surface area (Å²) >= 11 is 0. The first kappa shape index (κ1) is 15.9. The fourth-order valence-corrected chi connectivity index (χ4v) is 2.92. The molecule has 0 aromatic heterocycles. The molecule has 108 valence electrons. The molecule has 0 bridgehead atoms. The lowest BCUT2D eigenvalue weighted by Crippen LogP contribution is -2.28. The van der Waals surface area contributed by atoms with Gasteiger partial charge in [-0.05, 0) is 57.5 Å². The highest BCUT2D eigenvalue weighted by atomic mass is 16.5. The largest absolute Gasteiger partial charge is 0.378 e. The Morgan fingerprint density at radius 1 is 1.33 bits per heavy atom. The van der Waals surface area contributed by atoms with E-state index in [0.717, 1.165) is 38.1 Å². The van der Waals surface area contributed by atoms with E-state index in [2.05, 4.69) is 19.2 Å². The van der Waals surface area contributed by atoms with Crippen molar-refractivity contribution in [2.75, 3.05) is 26.2 Å². The van der Waals surface area contributed by atoms with Gasteiger partial charge in [0.1, 0.15) is 0 Å². The summed E-state index contributed by atoms with van der Waals surface area (Å²) in [6.45, 7) is 8.52. The molecule has 1 saturated heterocycles. The molecule has 1 rings (SSSR count). The molecule has 0 saturated carbocycles. The van der Waals surface area contributed by atoms with Crippen molar-refractivity contribution >= 4 is 0 Å². The second-order valence-corrected chi connectivity index (χ2v) is 5.70. The Kier molecular flexibility index (Phi) is 8.64.